The molecule has 0 saturated carbocycles. The van der Waals surface area contributed by atoms with Crippen LogP contribution in [0.5, 0.6) is 0 Å². The van der Waals surface area contributed by atoms with Crippen molar-refractivity contribution in [2.75, 3.05) is 13.2 Å². The van der Waals surface area contributed by atoms with Gasteiger partial charge in [0, 0.05) is 0 Å². The molecule has 2 rings (SSSR count). The van der Waals surface area contributed by atoms with Gasteiger partial charge in [0.25, 0.3) is 0 Å². The van der Waals surface area contributed by atoms with Crippen LogP contribution in [0.25, 0.3) is 0 Å². The van der Waals surface area contributed by atoms with Crippen LogP contribution in [-0.4, -0.2) is 25.2 Å². The van der Waals surface area contributed by atoms with Crippen LogP contribution in [0.1, 0.15) is 27.7 Å². The van der Waals surface area contributed by atoms with Gasteiger partial charge in [0.1, 0.15) is 0 Å². The standard InChI is InChI=1S/C15H22O4/c1-5-18-14(16)12-10(4)8(2)6-11-9(3)7-19-15(17)13(11)12/h6,9-13H,5,7H2,1-4H3/t9-,10+,11+,12-,13+/m0/s1. The summed E-state index contributed by atoms with van der Waals surface area (Å²) in [6.07, 6.45) is 2.15. The van der Waals surface area contributed by atoms with E-state index < -0.39 is 5.92 Å². The molecule has 0 spiro atoms. The Kier molecular flexibility index (Phi) is 3.97. The monoisotopic (exact) mass is 266 g/mol. The molecular formula is C15H22O4. The normalized spacial score (nSPS) is 38.0. The average molecular weight is 266 g/mol. The zero-order valence-corrected chi connectivity index (χ0v) is 12.0. The zero-order chi connectivity index (χ0) is 14.2. The van der Waals surface area contributed by atoms with Gasteiger partial charge < -0.3 is 9.47 Å². The van der Waals surface area contributed by atoms with Crippen LogP contribution in [0.4, 0.5) is 0 Å². The molecule has 0 amide bonds. The maximum Gasteiger partial charge on any atom is 0.310 e. The molecule has 0 bridgehead atoms. The fraction of sp³-hybridized carbons (Fsp3) is 0.733. The van der Waals surface area contributed by atoms with E-state index in [1.807, 2.05) is 13.8 Å². The van der Waals surface area contributed by atoms with Crippen molar-refractivity contribution in [1.29, 1.82) is 0 Å². The lowest BCUT2D eigenvalue weighted by molar-refractivity contribution is -0.173. The first kappa shape index (κ1) is 14.1. The summed E-state index contributed by atoms with van der Waals surface area (Å²) in [6, 6.07) is 0. The molecule has 1 aliphatic heterocycles. The average Bonchev–Trinajstić information content (AvgIpc) is 2.36. The van der Waals surface area contributed by atoms with Crippen molar-refractivity contribution in [3.63, 3.8) is 0 Å². The number of carbonyl (C=O) groups is 2. The Bertz CT molecular complexity index is 412. The highest BCUT2D eigenvalue weighted by Crippen LogP contribution is 2.44. The Morgan fingerprint density at radius 2 is 2.16 bits per heavy atom. The fourth-order valence-electron chi connectivity index (χ4n) is 3.22. The maximum absolute atomic E-state index is 12.2. The van der Waals surface area contributed by atoms with Gasteiger partial charge in [-0.2, -0.15) is 0 Å². The van der Waals surface area contributed by atoms with Gasteiger partial charge in [0.2, 0.25) is 0 Å². The summed E-state index contributed by atoms with van der Waals surface area (Å²) >= 11 is 0. The van der Waals surface area contributed by atoms with Gasteiger partial charge >= 0.3 is 11.9 Å². The quantitative estimate of drug-likeness (QED) is 0.568. The van der Waals surface area contributed by atoms with Gasteiger partial charge in [-0.25, -0.2) is 0 Å². The highest BCUT2D eigenvalue weighted by Gasteiger charge is 2.50. The number of cyclic esters (lactones) is 1. The van der Waals surface area contributed by atoms with Crippen molar-refractivity contribution in [3.05, 3.63) is 11.6 Å². The van der Waals surface area contributed by atoms with E-state index in [4.69, 9.17) is 9.47 Å². The van der Waals surface area contributed by atoms with Crippen LogP contribution < -0.4 is 0 Å². The highest BCUT2D eigenvalue weighted by atomic mass is 16.5. The number of hydrogen-bond donors (Lipinski definition) is 0. The van der Waals surface area contributed by atoms with Gasteiger partial charge in [-0.05, 0) is 31.6 Å². The third-order valence-electron chi connectivity index (χ3n) is 4.49. The Balaban J connectivity index is 2.37. The number of ether oxygens (including phenoxy) is 2. The smallest absolute Gasteiger partial charge is 0.310 e. The Labute approximate surface area is 114 Å². The van der Waals surface area contributed by atoms with Crippen molar-refractivity contribution in [1.82, 2.24) is 0 Å². The fourth-order valence-corrected chi connectivity index (χ4v) is 3.22. The van der Waals surface area contributed by atoms with Crippen LogP contribution in [0.15, 0.2) is 11.6 Å². The number of carbonyl (C=O) groups excluding carboxylic acids is 2. The number of hydrogen-bond acceptors (Lipinski definition) is 4. The molecule has 0 unspecified atom stereocenters. The van der Waals surface area contributed by atoms with Crippen LogP contribution in [0.3, 0.4) is 0 Å². The number of rotatable bonds is 2. The Hall–Kier alpha value is -1.32. The summed E-state index contributed by atoms with van der Waals surface area (Å²) in [4.78, 5) is 24.3. The Morgan fingerprint density at radius 3 is 2.79 bits per heavy atom. The van der Waals surface area contributed by atoms with Crippen molar-refractivity contribution in [2.24, 2.45) is 29.6 Å². The molecule has 5 atom stereocenters. The second-order valence-electron chi connectivity index (χ2n) is 5.69. The minimum absolute atomic E-state index is 0.0261. The predicted octanol–water partition coefficient (Wildman–Crippen LogP) is 2.19. The summed E-state index contributed by atoms with van der Waals surface area (Å²) in [5.41, 5.74) is 1.17. The lowest BCUT2D eigenvalue weighted by atomic mass is 9.64. The summed E-state index contributed by atoms with van der Waals surface area (Å²) in [6.45, 7) is 8.63. The van der Waals surface area contributed by atoms with E-state index in [9.17, 15) is 9.59 Å². The molecule has 1 heterocycles. The van der Waals surface area contributed by atoms with E-state index in [-0.39, 0.29) is 35.6 Å². The number of allylic oxidation sites excluding steroid dienone is 2. The van der Waals surface area contributed by atoms with Gasteiger partial charge in [-0.15, -0.1) is 0 Å². The molecule has 0 aromatic heterocycles. The molecule has 1 aliphatic carbocycles. The molecule has 1 fully saturated rings. The van der Waals surface area contributed by atoms with E-state index in [0.29, 0.717) is 13.2 Å². The third kappa shape index (κ3) is 2.40. The molecule has 1 saturated heterocycles. The SMILES string of the molecule is CCOC(=O)[C@@H]1[C@@H]2C(=O)OC[C@H](C)[C@H]2C=C(C)[C@H]1C. The van der Waals surface area contributed by atoms with Gasteiger partial charge in [0.15, 0.2) is 0 Å². The molecule has 4 heteroatoms. The summed E-state index contributed by atoms with van der Waals surface area (Å²) in [7, 11) is 0. The molecule has 4 nitrogen and oxygen atoms in total. The zero-order valence-electron chi connectivity index (χ0n) is 12.0. The second kappa shape index (κ2) is 5.35. The van der Waals surface area contributed by atoms with Crippen molar-refractivity contribution >= 4 is 11.9 Å². The lowest BCUT2D eigenvalue weighted by Gasteiger charge is -2.42. The van der Waals surface area contributed by atoms with Crippen LogP contribution in [0, 0.1) is 29.6 Å². The van der Waals surface area contributed by atoms with Gasteiger partial charge in [0.05, 0.1) is 25.0 Å². The predicted molar refractivity (Wildman–Crippen MR) is 70.1 cm³/mol. The summed E-state index contributed by atoms with van der Waals surface area (Å²) in [5.74, 6) is -0.959. The first-order valence-electron chi connectivity index (χ1n) is 6.99. The first-order chi connectivity index (χ1) is 8.97. The topological polar surface area (TPSA) is 52.6 Å². The van der Waals surface area contributed by atoms with E-state index in [0.717, 1.165) is 0 Å². The molecule has 0 aromatic carbocycles. The lowest BCUT2D eigenvalue weighted by Crippen LogP contribution is -2.49. The maximum atomic E-state index is 12.2. The first-order valence-corrected chi connectivity index (χ1v) is 6.99. The van der Waals surface area contributed by atoms with Crippen LogP contribution in [-0.2, 0) is 19.1 Å². The number of fused-ring (bicyclic) bond motifs is 1. The molecular weight excluding hydrogens is 244 g/mol. The highest BCUT2D eigenvalue weighted by molar-refractivity contribution is 5.84. The molecule has 2 aliphatic rings. The van der Waals surface area contributed by atoms with E-state index >= 15 is 0 Å². The van der Waals surface area contributed by atoms with Crippen molar-refractivity contribution < 1.29 is 19.1 Å². The van der Waals surface area contributed by atoms with Gasteiger partial charge in [-0.1, -0.05) is 25.5 Å². The van der Waals surface area contributed by atoms with E-state index in [1.165, 1.54) is 5.57 Å². The molecule has 0 aromatic rings. The molecule has 106 valence electrons. The van der Waals surface area contributed by atoms with Crippen LogP contribution in [0.2, 0.25) is 0 Å². The van der Waals surface area contributed by atoms with Gasteiger partial charge in [-0.3, -0.25) is 9.59 Å². The number of esters is 2. The summed E-state index contributed by atoms with van der Waals surface area (Å²) in [5, 5.41) is 0. The molecule has 0 N–H and O–H groups in total. The van der Waals surface area contributed by atoms with Crippen LogP contribution >= 0.6 is 0 Å². The Morgan fingerprint density at radius 1 is 1.47 bits per heavy atom. The molecule has 0 radical (unpaired) electrons. The van der Waals surface area contributed by atoms with Crippen molar-refractivity contribution in [3.8, 4) is 0 Å². The van der Waals surface area contributed by atoms with E-state index in [1.54, 1.807) is 6.92 Å². The minimum atomic E-state index is -0.412. The largest absolute Gasteiger partial charge is 0.466 e. The van der Waals surface area contributed by atoms with E-state index in [2.05, 4.69) is 13.0 Å². The minimum Gasteiger partial charge on any atom is -0.466 e. The summed E-state index contributed by atoms with van der Waals surface area (Å²) < 4.78 is 10.4. The van der Waals surface area contributed by atoms with Crippen molar-refractivity contribution in [2.45, 2.75) is 27.7 Å². The second-order valence-corrected chi connectivity index (χ2v) is 5.69. The molecule has 19 heavy (non-hydrogen) atoms. The third-order valence-corrected chi connectivity index (χ3v) is 4.49.